The predicted molar refractivity (Wildman–Crippen MR) is 128 cm³/mol. The first-order valence-corrected chi connectivity index (χ1v) is 10.6. The number of nitrogens with two attached hydrogens (primary N) is 1. The number of anilines is 1. The van der Waals surface area contributed by atoms with E-state index in [1.807, 2.05) is 24.4 Å². The fraction of sp³-hybridized carbons (Fsp3) is 0.200. The summed E-state index contributed by atoms with van der Waals surface area (Å²) >= 11 is 0. The van der Waals surface area contributed by atoms with Crippen LogP contribution < -0.4 is 11.1 Å². The number of carbonyl (C=O) groups excluding carboxylic acids is 1. The Bertz CT molecular complexity index is 1430. The van der Waals surface area contributed by atoms with E-state index in [-0.39, 0.29) is 11.9 Å². The zero-order valence-corrected chi connectivity index (χ0v) is 18.1. The quantitative estimate of drug-likeness (QED) is 0.483. The van der Waals surface area contributed by atoms with Gasteiger partial charge in [0.15, 0.2) is 0 Å². The molecule has 0 radical (unpaired) electrons. The van der Waals surface area contributed by atoms with Crippen LogP contribution in [0.3, 0.4) is 0 Å². The lowest BCUT2D eigenvalue weighted by atomic mass is 9.90. The summed E-state index contributed by atoms with van der Waals surface area (Å²) in [6, 6.07) is 10.1. The van der Waals surface area contributed by atoms with Crippen LogP contribution in [0.15, 0.2) is 61.1 Å². The molecule has 1 amide bonds. The summed E-state index contributed by atoms with van der Waals surface area (Å²) in [5, 5.41) is 4.92. The van der Waals surface area contributed by atoms with Crippen molar-refractivity contribution in [1.29, 1.82) is 0 Å². The van der Waals surface area contributed by atoms with Crippen molar-refractivity contribution in [3.63, 3.8) is 0 Å². The molecule has 7 heteroatoms. The standard InChI is InChI=1S/C25H24N6O/c1-4-20(32)30-17-10-18(14(2)3)23-21(16-9-15-7-5-6-8-19(15)27-11-16)22-24(26)28-13-29-25(22)31(23)12-17/h4-9,11,13,17H,1,10,12H2,2-3H3,(H,30,32)(H2,26,28,29). The van der Waals surface area contributed by atoms with E-state index in [1.165, 1.54) is 18.0 Å². The van der Waals surface area contributed by atoms with Crippen LogP contribution in [0.25, 0.3) is 38.6 Å². The van der Waals surface area contributed by atoms with Crippen molar-refractivity contribution in [3.05, 3.63) is 66.8 Å². The first kappa shape index (κ1) is 19.9. The zero-order chi connectivity index (χ0) is 22.4. The highest BCUT2D eigenvalue weighted by molar-refractivity contribution is 6.07. The number of pyridine rings is 1. The number of para-hydroxylation sites is 1. The van der Waals surface area contributed by atoms with Gasteiger partial charge in [-0.15, -0.1) is 0 Å². The lowest BCUT2D eigenvalue weighted by Crippen LogP contribution is -2.40. The van der Waals surface area contributed by atoms with E-state index in [2.05, 4.69) is 57.4 Å². The van der Waals surface area contributed by atoms with Gasteiger partial charge >= 0.3 is 0 Å². The summed E-state index contributed by atoms with van der Waals surface area (Å²) < 4.78 is 2.15. The van der Waals surface area contributed by atoms with Crippen LogP contribution in [0.2, 0.25) is 0 Å². The number of fused-ring (bicyclic) bond motifs is 4. The molecule has 0 aliphatic carbocycles. The molecule has 1 atom stereocenters. The third-order valence-corrected chi connectivity index (χ3v) is 6.02. The van der Waals surface area contributed by atoms with Crippen LogP contribution in [-0.4, -0.2) is 31.5 Å². The fourth-order valence-corrected chi connectivity index (χ4v) is 4.60. The van der Waals surface area contributed by atoms with Gasteiger partial charge in [0.1, 0.15) is 17.8 Å². The number of nitrogens with one attached hydrogen (secondary N) is 1. The monoisotopic (exact) mass is 424 g/mol. The Balaban J connectivity index is 1.81. The lowest BCUT2D eigenvalue weighted by Gasteiger charge is -2.29. The highest BCUT2D eigenvalue weighted by Crippen LogP contribution is 2.44. The summed E-state index contributed by atoms with van der Waals surface area (Å²) in [5.41, 5.74) is 13.4. The first-order chi connectivity index (χ1) is 15.5. The van der Waals surface area contributed by atoms with E-state index in [4.69, 9.17) is 5.73 Å². The van der Waals surface area contributed by atoms with Crippen molar-refractivity contribution in [1.82, 2.24) is 24.8 Å². The van der Waals surface area contributed by atoms with E-state index < -0.39 is 0 Å². The number of benzene rings is 1. The van der Waals surface area contributed by atoms with Gasteiger partial charge in [0, 0.05) is 29.3 Å². The summed E-state index contributed by atoms with van der Waals surface area (Å²) in [5.74, 6) is 0.246. The van der Waals surface area contributed by atoms with Crippen LogP contribution in [0, 0.1) is 0 Å². The Kier molecular flexibility index (Phi) is 4.74. The number of carbonyl (C=O) groups is 1. The van der Waals surface area contributed by atoms with Gasteiger partial charge in [-0.25, -0.2) is 9.97 Å². The maximum absolute atomic E-state index is 12.0. The summed E-state index contributed by atoms with van der Waals surface area (Å²) in [4.78, 5) is 25.6. The Hall–Kier alpha value is -4.00. The van der Waals surface area contributed by atoms with Crippen molar-refractivity contribution in [3.8, 4) is 11.1 Å². The molecule has 1 aliphatic heterocycles. The molecule has 3 aromatic heterocycles. The number of nitrogens with zero attached hydrogens (tertiary/aromatic N) is 4. The van der Waals surface area contributed by atoms with Crippen molar-refractivity contribution >= 4 is 39.2 Å². The minimum absolute atomic E-state index is 0.0766. The third-order valence-electron chi connectivity index (χ3n) is 6.02. The van der Waals surface area contributed by atoms with Gasteiger partial charge < -0.3 is 15.6 Å². The minimum Gasteiger partial charge on any atom is -0.383 e. The molecule has 0 spiro atoms. The van der Waals surface area contributed by atoms with Crippen LogP contribution in [0.4, 0.5) is 5.82 Å². The molecule has 1 unspecified atom stereocenters. The normalized spacial score (nSPS) is 15.6. The Morgan fingerprint density at radius 3 is 2.84 bits per heavy atom. The molecule has 0 saturated carbocycles. The van der Waals surface area contributed by atoms with E-state index >= 15 is 0 Å². The van der Waals surface area contributed by atoms with Gasteiger partial charge in [0.2, 0.25) is 5.91 Å². The van der Waals surface area contributed by atoms with Gasteiger partial charge in [0.05, 0.1) is 22.6 Å². The molecule has 7 nitrogen and oxygen atoms in total. The number of aromatic nitrogens is 4. The van der Waals surface area contributed by atoms with Crippen molar-refractivity contribution < 1.29 is 4.79 Å². The maximum atomic E-state index is 12.0. The molecular formula is C25H24N6O. The molecular weight excluding hydrogens is 400 g/mol. The summed E-state index contributed by atoms with van der Waals surface area (Å²) in [6.07, 6.45) is 5.39. The highest BCUT2D eigenvalue weighted by Gasteiger charge is 2.31. The van der Waals surface area contributed by atoms with Crippen molar-refractivity contribution in [2.45, 2.75) is 32.9 Å². The molecule has 0 bridgehead atoms. The van der Waals surface area contributed by atoms with Crippen LogP contribution in [0.5, 0.6) is 0 Å². The molecule has 0 fully saturated rings. The average Bonchev–Trinajstić information content (AvgIpc) is 3.13. The Morgan fingerprint density at radius 2 is 2.06 bits per heavy atom. The van der Waals surface area contributed by atoms with Crippen molar-refractivity contribution in [2.24, 2.45) is 0 Å². The smallest absolute Gasteiger partial charge is 0.243 e. The summed E-state index contributed by atoms with van der Waals surface area (Å²) in [7, 11) is 0. The van der Waals surface area contributed by atoms with Crippen molar-refractivity contribution in [2.75, 3.05) is 5.73 Å². The van der Waals surface area contributed by atoms with Crippen LogP contribution >= 0.6 is 0 Å². The molecule has 3 N–H and O–H groups in total. The zero-order valence-electron chi connectivity index (χ0n) is 18.1. The van der Waals surface area contributed by atoms with Gasteiger partial charge in [-0.3, -0.25) is 9.78 Å². The predicted octanol–water partition coefficient (Wildman–Crippen LogP) is 4.10. The highest BCUT2D eigenvalue weighted by atomic mass is 16.1. The van der Waals surface area contributed by atoms with E-state index in [9.17, 15) is 4.79 Å². The second-order valence-electron chi connectivity index (χ2n) is 8.30. The molecule has 160 valence electrons. The average molecular weight is 425 g/mol. The maximum Gasteiger partial charge on any atom is 0.243 e. The molecule has 1 aliphatic rings. The molecule has 5 rings (SSSR count). The third kappa shape index (κ3) is 3.13. The largest absolute Gasteiger partial charge is 0.383 e. The minimum atomic E-state index is -0.184. The molecule has 4 heterocycles. The van der Waals surface area contributed by atoms with Crippen LogP contribution in [0.1, 0.15) is 26.0 Å². The number of rotatable bonds is 3. The number of amides is 1. The molecule has 1 aromatic carbocycles. The number of hydrogen-bond acceptors (Lipinski definition) is 5. The van der Waals surface area contributed by atoms with Crippen LogP contribution in [-0.2, 0) is 11.3 Å². The lowest BCUT2D eigenvalue weighted by molar-refractivity contribution is -0.117. The fourth-order valence-electron chi connectivity index (χ4n) is 4.60. The van der Waals surface area contributed by atoms with E-state index in [0.29, 0.717) is 18.8 Å². The first-order valence-electron chi connectivity index (χ1n) is 10.6. The molecule has 4 aromatic rings. The van der Waals surface area contributed by atoms with Gasteiger partial charge in [-0.2, -0.15) is 0 Å². The molecule has 0 saturated heterocycles. The van der Waals surface area contributed by atoms with Gasteiger partial charge in [-0.1, -0.05) is 30.4 Å². The molecule has 32 heavy (non-hydrogen) atoms. The number of hydrogen-bond donors (Lipinski definition) is 2. The summed E-state index contributed by atoms with van der Waals surface area (Å²) in [6.45, 7) is 8.34. The van der Waals surface area contributed by atoms with Gasteiger partial charge in [0.25, 0.3) is 0 Å². The Morgan fingerprint density at radius 1 is 1.25 bits per heavy atom. The SMILES string of the molecule is C=CC(=O)NC1CC(=C(C)C)c2c(-c3cnc4ccccc4c3)c3c(N)ncnc3n2C1. The number of nitrogen functional groups attached to an aromatic ring is 1. The van der Waals surface area contributed by atoms with Gasteiger partial charge in [-0.05, 0) is 44.1 Å². The number of allylic oxidation sites excluding steroid dienone is 1. The Labute approximate surface area is 185 Å². The topological polar surface area (TPSA) is 98.7 Å². The van der Waals surface area contributed by atoms with E-state index in [1.54, 1.807) is 0 Å². The second-order valence-corrected chi connectivity index (χ2v) is 8.30. The second kappa shape index (κ2) is 7.60. The van der Waals surface area contributed by atoms with E-state index in [0.717, 1.165) is 44.3 Å².